The zero-order valence-corrected chi connectivity index (χ0v) is 13.9. The Bertz CT molecular complexity index is 889. The molecule has 0 amide bonds. The van der Waals surface area contributed by atoms with Crippen LogP contribution in [-0.4, -0.2) is 36.4 Å². The van der Waals surface area contributed by atoms with Crippen LogP contribution in [0.2, 0.25) is 0 Å². The van der Waals surface area contributed by atoms with Gasteiger partial charge in [0.25, 0.3) is 0 Å². The first-order valence-electron chi connectivity index (χ1n) is 7.97. The van der Waals surface area contributed by atoms with Gasteiger partial charge in [0.05, 0.1) is 23.6 Å². The molecule has 0 aliphatic carbocycles. The van der Waals surface area contributed by atoms with E-state index in [1.54, 1.807) is 13.0 Å². The van der Waals surface area contributed by atoms with Crippen molar-refractivity contribution in [3.05, 3.63) is 34.1 Å². The van der Waals surface area contributed by atoms with Crippen LogP contribution in [-0.2, 0) is 9.53 Å². The molecule has 2 aromatic rings. The summed E-state index contributed by atoms with van der Waals surface area (Å²) in [7, 11) is 0. The average molecular weight is 346 g/mol. The Kier molecular flexibility index (Phi) is 4.60. The van der Waals surface area contributed by atoms with Crippen molar-refractivity contribution in [2.24, 2.45) is 0 Å². The van der Waals surface area contributed by atoms with E-state index >= 15 is 0 Å². The van der Waals surface area contributed by atoms with E-state index in [2.05, 4.69) is 5.43 Å². The fourth-order valence-electron chi connectivity index (χ4n) is 2.57. The van der Waals surface area contributed by atoms with Gasteiger partial charge in [-0.1, -0.05) is 6.92 Å². The number of carbonyl (C=O) groups is 2. The second-order valence-corrected chi connectivity index (χ2v) is 5.46. The molecule has 1 aromatic carbocycles. The highest BCUT2D eigenvalue weighted by Crippen LogP contribution is 2.35. The number of aromatic nitrogens is 1. The number of esters is 1. The number of nitrogens with zero attached hydrogens (tertiary/aromatic N) is 1. The van der Waals surface area contributed by atoms with Gasteiger partial charge in [-0.05, 0) is 19.4 Å². The smallest absolute Gasteiger partial charge is 0.343 e. The fraction of sp³-hybridized carbons (Fsp3) is 0.353. The third kappa shape index (κ3) is 3.02. The third-order valence-corrected chi connectivity index (χ3v) is 3.90. The van der Waals surface area contributed by atoms with E-state index in [1.165, 1.54) is 16.9 Å². The Labute approximate surface area is 143 Å². The third-order valence-electron chi connectivity index (χ3n) is 3.90. The van der Waals surface area contributed by atoms with Gasteiger partial charge in [-0.15, -0.1) is 0 Å². The predicted molar refractivity (Wildman–Crippen MR) is 89.8 cm³/mol. The molecule has 1 aliphatic rings. The summed E-state index contributed by atoms with van der Waals surface area (Å²) in [5.41, 5.74) is 2.87. The lowest BCUT2D eigenvalue weighted by Gasteiger charge is -2.19. The molecular weight excluding hydrogens is 328 g/mol. The molecule has 1 aromatic heterocycles. The van der Waals surface area contributed by atoms with Crippen molar-refractivity contribution in [2.45, 2.75) is 26.3 Å². The lowest BCUT2D eigenvalue weighted by Crippen LogP contribution is -2.31. The van der Waals surface area contributed by atoms with Crippen molar-refractivity contribution in [3.8, 4) is 11.5 Å². The molecular formula is C17H18N2O6. The number of ether oxygens (including phenoxy) is 3. The number of benzene rings is 1. The van der Waals surface area contributed by atoms with E-state index in [0.29, 0.717) is 23.4 Å². The molecule has 1 atom stereocenters. The maximum atomic E-state index is 12.7. The standard InChI is InChI=1S/C17H18N2O6/c1-3-10(8-20)18-19-7-12(17(22)23-4-2)16(21)11-5-14-15(6-13(11)19)25-9-24-14/h5-8,10,18H,3-4,9H2,1-2H3. The molecule has 0 bridgehead atoms. The average Bonchev–Trinajstić information content (AvgIpc) is 3.07. The van der Waals surface area contributed by atoms with Crippen molar-refractivity contribution >= 4 is 23.2 Å². The van der Waals surface area contributed by atoms with Gasteiger partial charge in [-0.25, -0.2) is 4.79 Å². The normalized spacial score (nSPS) is 13.5. The van der Waals surface area contributed by atoms with Gasteiger partial charge in [-0.3, -0.25) is 9.47 Å². The molecule has 2 heterocycles. The number of carbonyl (C=O) groups excluding carboxylic acids is 2. The van der Waals surface area contributed by atoms with Crippen molar-refractivity contribution in [3.63, 3.8) is 0 Å². The summed E-state index contributed by atoms with van der Waals surface area (Å²) >= 11 is 0. The summed E-state index contributed by atoms with van der Waals surface area (Å²) in [5.74, 6) is 0.201. The molecule has 25 heavy (non-hydrogen) atoms. The fourth-order valence-corrected chi connectivity index (χ4v) is 2.57. The van der Waals surface area contributed by atoms with Crippen molar-refractivity contribution in [1.82, 2.24) is 4.68 Å². The van der Waals surface area contributed by atoms with Crippen LogP contribution in [0.5, 0.6) is 11.5 Å². The van der Waals surface area contributed by atoms with E-state index in [9.17, 15) is 14.4 Å². The van der Waals surface area contributed by atoms with Gasteiger partial charge >= 0.3 is 5.97 Å². The van der Waals surface area contributed by atoms with Crippen molar-refractivity contribution < 1.29 is 23.8 Å². The molecule has 0 fully saturated rings. The molecule has 0 saturated carbocycles. The minimum atomic E-state index is -0.721. The van der Waals surface area contributed by atoms with Crippen LogP contribution < -0.4 is 20.3 Å². The largest absolute Gasteiger partial charge is 0.462 e. The number of aldehydes is 1. The minimum absolute atomic E-state index is 0.0595. The van der Waals surface area contributed by atoms with Crippen LogP contribution in [0.4, 0.5) is 0 Å². The van der Waals surface area contributed by atoms with Crippen LogP contribution >= 0.6 is 0 Å². The van der Waals surface area contributed by atoms with Gasteiger partial charge in [0.2, 0.25) is 12.2 Å². The molecule has 0 radical (unpaired) electrons. The monoisotopic (exact) mass is 346 g/mol. The second kappa shape index (κ2) is 6.84. The van der Waals surface area contributed by atoms with E-state index < -0.39 is 17.4 Å². The molecule has 8 heteroatoms. The summed E-state index contributed by atoms with van der Waals surface area (Å²) in [6.45, 7) is 3.71. The number of hydrogen-bond donors (Lipinski definition) is 1. The zero-order valence-electron chi connectivity index (χ0n) is 13.9. The highest BCUT2D eigenvalue weighted by Gasteiger charge is 2.22. The molecule has 1 aliphatic heterocycles. The Morgan fingerprint density at radius 3 is 2.72 bits per heavy atom. The summed E-state index contributed by atoms with van der Waals surface area (Å²) in [4.78, 5) is 36.0. The summed E-state index contributed by atoms with van der Waals surface area (Å²) < 4.78 is 17.1. The number of rotatable bonds is 6. The number of hydrogen-bond acceptors (Lipinski definition) is 7. The van der Waals surface area contributed by atoms with Gasteiger partial charge in [0.1, 0.15) is 11.8 Å². The van der Waals surface area contributed by atoms with Crippen LogP contribution in [0, 0.1) is 0 Å². The summed E-state index contributed by atoms with van der Waals surface area (Å²) in [5, 5.41) is 0.267. The van der Waals surface area contributed by atoms with Crippen LogP contribution in [0.15, 0.2) is 23.1 Å². The number of pyridine rings is 1. The Morgan fingerprint density at radius 1 is 1.36 bits per heavy atom. The van der Waals surface area contributed by atoms with Gasteiger partial charge < -0.3 is 24.4 Å². The SMILES string of the molecule is CCOC(=O)c1cn(NC(C=O)CC)c2cc3c(cc2c1=O)OCO3. The minimum Gasteiger partial charge on any atom is -0.462 e. The first-order chi connectivity index (χ1) is 12.1. The van der Waals surface area contributed by atoms with Crippen molar-refractivity contribution in [2.75, 3.05) is 18.8 Å². The molecule has 0 saturated heterocycles. The maximum Gasteiger partial charge on any atom is 0.343 e. The molecule has 0 spiro atoms. The number of fused-ring (bicyclic) bond motifs is 2. The predicted octanol–water partition coefficient (Wildman–Crippen LogP) is 1.43. The Balaban J connectivity index is 2.23. The Hall–Kier alpha value is -3.03. The van der Waals surface area contributed by atoms with Gasteiger partial charge in [0.15, 0.2) is 11.5 Å². The van der Waals surface area contributed by atoms with E-state index in [1.807, 2.05) is 6.92 Å². The van der Waals surface area contributed by atoms with E-state index in [-0.39, 0.29) is 24.3 Å². The zero-order chi connectivity index (χ0) is 18.0. The van der Waals surface area contributed by atoms with Gasteiger partial charge in [-0.2, -0.15) is 0 Å². The lowest BCUT2D eigenvalue weighted by atomic mass is 10.1. The highest BCUT2D eigenvalue weighted by molar-refractivity contribution is 5.94. The molecule has 1 N–H and O–H groups in total. The van der Waals surface area contributed by atoms with E-state index in [0.717, 1.165) is 6.29 Å². The van der Waals surface area contributed by atoms with Crippen LogP contribution in [0.3, 0.4) is 0 Å². The van der Waals surface area contributed by atoms with Crippen molar-refractivity contribution in [1.29, 1.82) is 0 Å². The molecule has 3 rings (SSSR count). The van der Waals surface area contributed by atoms with Crippen LogP contribution in [0.1, 0.15) is 30.6 Å². The Morgan fingerprint density at radius 2 is 2.08 bits per heavy atom. The molecule has 8 nitrogen and oxygen atoms in total. The first kappa shape index (κ1) is 16.8. The second-order valence-electron chi connectivity index (χ2n) is 5.46. The first-order valence-corrected chi connectivity index (χ1v) is 7.97. The van der Waals surface area contributed by atoms with Crippen LogP contribution in [0.25, 0.3) is 10.9 Å². The topological polar surface area (TPSA) is 95.9 Å². The van der Waals surface area contributed by atoms with E-state index in [4.69, 9.17) is 14.2 Å². The van der Waals surface area contributed by atoms with Gasteiger partial charge in [0, 0.05) is 12.3 Å². The summed E-state index contributed by atoms with van der Waals surface area (Å²) in [6.07, 6.45) is 2.65. The summed E-state index contributed by atoms with van der Waals surface area (Å²) in [6, 6.07) is 2.69. The number of nitrogens with one attached hydrogen (secondary N) is 1. The highest BCUT2D eigenvalue weighted by atomic mass is 16.7. The lowest BCUT2D eigenvalue weighted by molar-refractivity contribution is -0.108. The molecule has 1 unspecified atom stereocenters. The quantitative estimate of drug-likeness (QED) is 0.624. The maximum absolute atomic E-state index is 12.7. The molecule has 132 valence electrons.